The molecule has 2 amide bonds. The number of nitrogens with zero attached hydrogens (tertiary/aromatic N) is 1. The van der Waals surface area contributed by atoms with Gasteiger partial charge in [-0.2, -0.15) is 0 Å². The van der Waals surface area contributed by atoms with Gasteiger partial charge in [0.25, 0.3) is 0 Å². The molecule has 1 saturated heterocycles. The minimum absolute atomic E-state index is 0.121. The van der Waals surface area contributed by atoms with Gasteiger partial charge in [-0.1, -0.05) is 6.42 Å². The molecule has 1 fully saturated rings. The first-order valence-corrected chi connectivity index (χ1v) is 8.65. The Morgan fingerprint density at radius 2 is 1.88 bits per heavy atom. The summed E-state index contributed by atoms with van der Waals surface area (Å²) in [5.74, 6) is -0.650. The van der Waals surface area contributed by atoms with Crippen molar-refractivity contribution >= 4 is 18.0 Å². The normalized spacial score (nSPS) is 20.3. The molecule has 8 heteroatoms. The average Bonchev–Trinajstić information content (AvgIpc) is 2.93. The lowest BCUT2D eigenvalue weighted by Gasteiger charge is -2.27. The topological polar surface area (TPSA) is 105 Å². The van der Waals surface area contributed by atoms with E-state index < -0.39 is 23.7 Å². The lowest BCUT2D eigenvalue weighted by atomic mass is 10.1. The smallest absolute Gasteiger partial charge is 0.411 e. The van der Waals surface area contributed by atoms with Crippen LogP contribution in [0.3, 0.4) is 0 Å². The van der Waals surface area contributed by atoms with Crippen LogP contribution in [0.2, 0.25) is 0 Å². The molecule has 0 aromatic rings. The number of aliphatic hydroxyl groups excluding tert-OH is 1. The number of rotatable bonds is 7. The van der Waals surface area contributed by atoms with E-state index in [0.717, 1.165) is 6.42 Å². The Bertz CT molecular complexity index is 474. The Labute approximate surface area is 148 Å². The molecule has 1 heterocycles. The third kappa shape index (κ3) is 7.29. The highest BCUT2D eigenvalue weighted by Crippen LogP contribution is 2.22. The molecule has 0 aromatic carbocycles. The third-order valence-corrected chi connectivity index (χ3v) is 3.83. The molecule has 0 bridgehead atoms. The molecule has 1 aliphatic rings. The standard InChI is InChI=1S/C17H30N2O6/c1-17(2,3)25-16(23)19-11-12(10-13(19)15(22)24-4)18-14(21)8-6-5-7-9-20/h12-13,20H,5-11H2,1-4H3,(H,18,21)/t12-,13-/m0/s1. The first kappa shape index (κ1) is 21.2. The number of ether oxygens (including phenoxy) is 2. The molecule has 1 aliphatic heterocycles. The summed E-state index contributed by atoms with van der Waals surface area (Å²) in [7, 11) is 1.27. The SMILES string of the molecule is COC(=O)[C@@H]1C[C@H](NC(=O)CCCCCO)CN1C(=O)OC(C)(C)C. The van der Waals surface area contributed by atoms with E-state index in [-0.39, 0.29) is 25.1 Å². The third-order valence-electron chi connectivity index (χ3n) is 3.83. The molecular weight excluding hydrogens is 328 g/mol. The highest BCUT2D eigenvalue weighted by atomic mass is 16.6. The predicted octanol–water partition coefficient (Wildman–Crippen LogP) is 1.21. The zero-order valence-corrected chi connectivity index (χ0v) is 15.5. The first-order valence-electron chi connectivity index (χ1n) is 8.65. The van der Waals surface area contributed by atoms with Gasteiger partial charge in [-0.15, -0.1) is 0 Å². The number of esters is 1. The molecule has 1 rings (SSSR count). The van der Waals surface area contributed by atoms with Gasteiger partial charge in [0, 0.05) is 32.0 Å². The molecule has 0 spiro atoms. The molecule has 2 atom stereocenters. The summed E-state index contributed by atoms with van der Waals surface area (Å²) in [5.41, 5.74) is -0.675. The number of aliphatic hydroxyl groups is 1. The van der Waals surface area contributed by atoms with Crippen LogP contribution in [0.5, 0.6) is 0 Å². The summed E-state index contributed by atoms with van der Waals surface area (Å²) in [4.78, 5) is 37.6. The fraction of sp³-hybridized carbons (Fsp3) is 0.824. The number of likely N-dealkylation sites (tertiary alicyclic amines) is 1. The van der Waals surface area contributed by atoms with Gasteiger partial charge < -0.3 is 19.9 Å². The number of hydrogen-bond donors (Lipinski definition) is 2. The molecule has 0 aliphatic carbocycles. The fourth-order valence-corrected chi connectivity index (χ4v) is 2.70. The second kappa shape index (κ2) is 9.60. The van der Waals surface area contributed by atoms with Gasteiger partial charge in [0.1, 0.15) is 11.6 Å². The van der Waals surface area contributed by atoms with Gasteiger partial charge in [-0.25, -0.2) is 9.59 Å². The summed E-state index contributed by atoms with van der Waals surface area (Å²) < 4.78 is 10.1. The molecule has 25 heavy (non-hydrogen) atoms. The summed E-state index contributed by atoms with van der Waals surface area (Å²) >= 11 is 0. The number of methoxy groups -OCH3 is 1. The van der Waals surface area contributed by atoms with Crippen LogP contribution < -0.4 is 5.32 Å². The van der Waals surface area contributed by atoms with Crippen LogP contribution in [0.1, 0.15) is 52.9 Å². The Morgan fingerprint density at radius 1 is 1.20 bits per heavy atom. The second-order valence-corrected chi connectivity index (χ2v) is 7.21. The Kier molecular flexibility index (Phi) is 8.15. The van der Waals surface area contributed by atoms with E-state index in [0.29, 0.717) is 25.7 Å². The molecule has 0 aromatic heterocycles. The van der Waals surface area contributed by atoms with Gasteiger partial charge in [0.2, 0.25) is 5.91 Å². The zero-order valence-electron chi connectivity index (χ0n) is 15.5. The summed E-state index contributed by atoms with van der Waals surface area (Å²) in [5, 5.41) is 11.6. The summed E-state index contributed by atoms with van der Waals surface area (Å²) in [6, 6.07) is -1.08. The zero-order chi connectivity index (χ0) is 19.0. The van der Waals surface area contributed by atoms with E-state index in [1.165, 1.54) is 12.0 Å². The first-order chi connectivity index (χ1) is 11.7. The van der Waals surface area contributed by atoms with Crippen LogP contribution in [-0.2, 0) is 19.1 Å². The van der Waals surface area contributed by atoms with Crippen molar-refractivity contribution in [3.8, 4) is 0 Å². The lowest BCUT2D eigenvalue weighted by Crippen LogP contribution is -2.44. The van der Waals surface area contributed by atoms with Crippen molar-refractivity contribution in [1.29, 1.82) is 0 Å². The van der Waals surface area contributed by atoms with Crippen molar-refractivity contribution in [2.24, 2.45) is 0 Å². The minimum Gasteiger partial charge on any atom is -0.467 e. The largest absolute Gasteiger partial charge is 0.467 e. The van der Waals surface area contributed by atoms with Gasteiger partial charge in [-0.05, 0) is 33.6 Å². The summed E-state index contributed by atoms with van der Waals surface area (Å²) in [6.45, 7) is 5.58. The van der Waals surface area contributed by atoms with Gasteiger partial charge >= 0.3 is 12.1 Å². The lowest BCUT2D eigenvalue weighted by molar-refractivity contribution is -0.145. The molecule has 2 N–H and O–H groups in total. The Hall–Kier alpha value is -1.83. The molecule has 0 saturated carbocycles. The van der Waals surface area contributed by atoms with Gasteiger partial charge in [0.05, 0.1) is 7.11 Å². The van der Waals surface area contributed by atoms with Crippen molar-refractivity contribution < 1.29 is 29.0 Å². The van der Waals surface area contributed by atoms with Crippen molar-refractivity contribution in [3.63, 3.8) is 0 Å². The van der Waals surface area contributed by atoms with Crippen LogP contribution in [0.15, 0.2) is 0 Å². The van der Waals surface area contributed by atoms with E-state index in [4.69, 9.17) is 14.6 Å². The number of amides is 2. The van der Waals surface area contributed by atoms with Crippen LogP contribution >= 0.6 is 0 Å². The number of hydrogen-bond acceptors (Lipinski definition) is 6. The van der Waals surface area contributed by atoms with Crippen molar-refractivity contribution in [3.05, 3.63) is 0 Å². The van der Waals surface area contributed by atoms with E-state index in [1.54, 1.807) is 20.8 Å². The number of nitrogens with one attached hydrogen (secondary N) is 1. The number of carbonyl (C=O) groups excluding carboxylic acids is 3. The summed E-state index contributed by atoms with van der Waals surface area (Å²) in [6.07, 6.45) is 2.20. The predicted molar refractivity (Wildman–Crippen MR) is 90.8 cm³/mol. The maximum atomic E-state index is 12.3. The highest BCUT2D eigenvalue weighted by Gasteiger charge is 2.42. The molecule has 0 unspecified atom stereocenters. The van der Waals surface area contributed by atoms with Crippen molar-refractivity contribution in [2.45, 2.75) is 70.6 Å². The van der Waals surface area contributed by atoms with Gasteiger partial charge in [-0.3, -0.25) is 9.69 Å². The quantitative estimate of drug-likeness (QED) is 0.523. The maximum Gasteiger partial charge on any atom is 0.411 e. The average molecular weight is 358 g/mol. The van der Waals surface area contributed by atoms with E-state index in [9.17, 15) is 14.4 Å². The van der Waals surface area contributed by atoms with Gasteiger partial charge in [0.15, 0.2) is 0 Å². The highest BCUT2D eigenvalue weighted by molar-refractivity contribution is 5.83. The maximum absolute atomic E-state index is 12.3. The van der Waals surface area contributed by atoms with Crippen LogP contribution in [0, 0.1) is 0 Å². The number of unbranched alkanes of at least 4 members (excludes halogenated alkanes) is 2. The monoisotopic (exact) mass is 358 g/mol. The van der Waals surface area contributed by atoms with Crippen molar-refractivity contribution in [1.82, 2.24) is 10.2 Å². The Balaban J connectivity index is 2.62. The van der Waals surface area contributed by atoms with E-state index in [1.807, 2.05) is 0 Å². The molecular formula is C17H30N2O6. The van der Waals surface area contributed by atoms with Crippen LogP contribution in [-0.4, -0.2) is 65.9 Å². The van der Waals surface area contributed by atoms with Crippen LogP contribution in [0.25, 0.3) is 0 Å². The van der Waals surface area contributed by atoms with Crippen LogP contribution in [0.4, 0.5) is 4.79 Å². The van der Waals surface area contributed by atoms with E-state index in [2.05, 4.69) is 5.32 Å². The number of carbonyl (C=O) groups is 3. The van der Waals surface area contributed by atoms with E-state index >= 15 is 0 Å². The molecule has 144 valence electrons. The molecule has 0 radical (unpaired) electrons. The second-order valence-electron chi connectivity index (χ2n) is 7.21. The molecule has 8 nitrogen and oxygen atoms in total. The fourth-order valence-electron chi connectivity index (χ4n) is 2.70. The Morgan fingerprint density at radius 3 is 2.44 bits per heavy atom. The minimum atomic E-state index is -0.764. The van der Waals surface area contributed by atoms with Crippen molar-refractivity contribution in [2.75, 3.05) is 20.3 Å².